The van der Waals surface area contributed by atoms with Crippen LogP contribution in [-0.4, -0.2) is 22.9 Å². The molecule has 0 fully saturated rings. The molecule has 5 nitrogen and oxygen atoms in total. The van der Waals surface area contributed by atoms with Gasteiger partial charge < -0.3 is 10.5 Å². The van der Waals surface area contributed by atoms with Gasteiger partial charge in [-0.1, -0.05) is 20.8 Å². The minimum Gasteiger partial charge on any atom is -0.480 e. The molecule has 0 spiro atoms. The van der Waals surface area contributed by atoms with Crippen LogP contribution in [0.3, 0.4) is 0 Å². The quantitative estimate of drug-likeness (QED) is 0.819. The molecule has 16 heavy (non-hydrogen) atoms. The fraction of sp³-hybridized carbons (Fsp3) is 0.636. The molecule has 0 bridgehead atoms. The molecule has 1 heterocycles. The Morgan fingerprint density at radius 1 is 1.50 bits per heavy atom. The van der Waals surface area contributed by atoms with Crippen molar-refractivity contribution >= 4 is 0 Å². The van der Waals surface area contributed by atoms with E-state index >= 15 is 0 Å². The molecule has 1 atom stereocenters. The first-order valence-electron chi connectivity index (χ1n) is 5.22. The predicted octanol–water partition coefficient (Wildman–Crippen LogP) is 0.625. The molecule has 5 heteroatoms. The summed E-state index contributed by atoms with van der Waals surface area (Å²) in [6.45, 7) is 6.48. The van der Waals surface area contributed by atoms with Crippen LogP contribution in [0.25, 0.3) is 0 Å². The molecule has 0 radical (unpaired) electrons. The summed E-state index contributed by atoms with van der Waals surface area (Å²) in [4.78, 5) is 11.5. The molecule has 0 saturated carbocycles. The van der Waals surface area contributed by atoms with Gasteiger partial charge in [-0.25, -0.2) is 4.68 Å². The zero-order valence-corrected chi connectivity index (χ0v) is 10.2. The third kappa shape index (κ3) is 3.06. The number of methoxy groups -OCH3 is 1. The summed E-state index contributed by atoms with van der Waals surface area (Å²) in [6.07, 6.45) is 0. The average molecular weight is 225 g/mol. The highest BCUT2D eigenvalue weighted by molar-refractivity contribution is 5.06. The monoisotopic (exact) mass is 225 g/mol. The Kier molecular flexibility index (Phi) is 3.70. The molecule has 0 aliphatic rings. The molecule has 1 aromatic heterocycles. The van der Waals surface area contributed by atoms with E-state index in [0.29, 0.717) is 12.4 Å². The van der Waals surface area contributed by atoms with Crippen LogP contribution in [0.1, 0.15) is 20.8 Å². The Labute approximate surface area is 95.2 Å². The third-order valence-electron chi connectivity index (χ3n) is 2.53. The molecule has 1 unspecified atom stereocenters. The van der Waals surface area contributed by atoms with Crippen LogP contribution in [0.15, 0.2) is 16.9 Å². The van der Waals surface area contributed by atoms with E-state index in [-0.39, 0.29) is 17.0 Å². The number of nitrogens with two attached hydrogens (primary N) is 1. The highest BCUT2D eigenvalue weighted by Crippen LogP contribution is 2.18. The second-order valence-electron chi connectivity index (χ2n) is 4.87. The average Bonchev–Trinajstić information content (AvgIpc) is 2.19. The topological polar surface area (TPSA) is 70.1 Å². The molecule has 90 valence electrons. The van der Waals surface area contributed by atoms with Crippen molar-refractivity contribution in [2.45, 2.75) is 33.4 Å². The van der Waals surface area contributed by atoms with Crippen molar-refractivity contribution in [3.8, 4) is 5.88 Å². The van der Waals surface area contributed by atoms with Gasteiger partial charge in [-0.15, -0.1) is 5.10 Å². The Morgan fingerprint density at radius 2 is 2.12 bits per heavy atom. The van der Waals surface area contributed by atoms with Crippen LogP contribution in [0.2, 0.25) is 0 Å². The lowest BCUT2D eigenvalue weighted by Crippen LogP contribution is -2.41. The van der Waals surface area contributed by atoms with Crippen molar-refractivity contribution < 1.29 is 4.74 Å². The normalized spacial score (nSPS) is 13.6. The summed E-state index contributed by atoms with van der Waals surface area (Å²) in [5.74, 6) is 0.417. The summed E-state index contributed by atoms with van der Waals surface area (Å²) in [6, 6.07) is 2.84. The van der Waals surface area contributed by atoms with E-state index in [2.05, 4.69) is 5.10 Å². The van der Waals surface area contributed by atoms with Crippen molar-refractivity contribution in [1.29, 1.82) is 0 Å². The van der Waals surface area contributed by atoms with Crippen LogP contribution < -0.4 is 16.0 Å². The lowest BCUT2D eigenvalue weighted by atomic mass is 9.87. The van der Waals surface area contributed by atoms with Crippen LogP contribution in [0.4, 0.5) is 0 Å². The largest absolute Gasteiger partial charge is 0.480 e. The second-order valence-corrected chi connectivity index (χ2v) is 4.87. The Morgan fingerprint density at radius 3 is 2.62 bits per heavy atom. The van der Waals surface area contributed by atoms with E-state index in [9.17, 15) is 4.79 Å². The van der Waals surface area contributed by atoms with Gasteiger partial charge in [0.2, 0.25) is 5.88 Å². The van der Waals surface area contributed by atoms with E-state index < -0.39 is 0 Å². The number of nitrogens with zero attached hydrogens (tertiary/aromatic N) is 2. The van der Waals surface area contributed by atoms with Crippen molar-refractivity contribution in [3.63, 3.8) is 0 Å². The first-order chi connectivity index (χ1) is 7.34. The standard InChI is InChI=1S/C11H19N3O2/c1-11(2,3)8(12)7-14-10(15)6-5-9(13-14)16-4/h5-6,8H,7,12H2,1-4H3. The molecule has 0 aliphatic heterocycles. The molecule has 1 aromatic rings. The Balaban J connectivity index is 2.92. The first kappa shape index (κ1) is 12.7. The molecular weight excluding hydrogens is 206 g/mol. The van der Waals surface area contributed by atoms with E-state index in [1.165, 1.54) is 17.9 Å². The van der Waals surface area contributed by atoms with Crippen LogP contribution in [0.5, 0.6) is 5.88 Å². The van der Waals surface area contributed by atoms with Gasteiger partial charge in [0.15, 0.2) is 0 Å². The maximum Gasteiger partial charge on any atom is 0.267 e. The van der Waals surface area contributed by atoms with E-state index in [0.717, 1.165) is 0 Å². The molecule has 0 amide bonds. The first-order valence-corrected chi connectivity index (χ1v) is 5.22. The fourth-order valence-corrected chi connectivity index (χ4v) is 1.13. The summed E-state index contributed by atoms with van der Waals surface area (Å²) >= 11 is 0. The van der Waals surface area contributed by atoms with Gasteiger partial charge in [-0.3, -0.25) is 4.79 Å². The Bertz CT molecular complexity index is 406. The minimum absolute atomic E-state index is 0.0653. The minimum atomic E-state index is -0.166. The van der Waals surface area contributed by atoms with Gasteiger partial charge in [0.25, 0.3) is 5.56 Å². The summed E-state index contributed by atoms with van der Waals surface area (Å²) in [7, 11) is 1.51. The smallest absolute Gasteiger partial charge is 0.267 e. The SMILES string of the molecule is COc1ccc(=O)n(CC(N)C(C)(C)C)n1. The van der Waals surface area contributed by atoms with Gasteiger partial charge in [0.05, 0.1) is 13.7 Å². The summed E-state index contributed by atoms with van der Waals surface area (Å²) < 4.78 is 6.31. The van der Waals surface area contributed by atoms with Gasteiger partial charge >= 0.3 is 0 Å². The van der Waals surface area contributed by atoms with Crippen LogP contribution >= 0.6 is 0 Å². The summed E-state index contributed by atoms with van der Waals surface area (Å²) in [5.41, 5.74) is 5.77. The number of hydrogen-bond donors (Lipinski definition) is 1. The van der Waals surface area contributed by atoms with Crippen LogP contribution in [0, 0.1) is 5.41 Å². The van der Waals surface area contributed by atoms with Crippen LogP contribution in [-0.2, 0) is 6.54 Å². The molecule has 0 aromatic carbocycles. The van der Waals surface area contributed by atoms with Gasteiger partial charge in [0.1, 0.15) is 0 Å². The molecular formula is C11H19N3O2. The maximum absolute atomic E-state index is 11.5. The van der Waals surface area contributed by atoms with E-state index in [4.69, 9.17) is 10.5 Å². The zero-order chi connectivity index (χ0) is 12.3. The maximum atomic E-state index is 11.5. The Hall–Kier alpha value is -1.36. The lowest BCUT2D eigenvalue weighted by molar-refractivity contribution is 0.274. The number of ether oxygens (including phenoxy) is 1. The highest BCUT2D eigenvalue weighted by Gasteiger charge is 2.21. The predicted molar refractivity (Wildman–Crippen MR) is 62.5 cm³/mol. The zero-order valence-electron chi connectivity index (χ0n) is 10.2. The van der Waals surface area contributed by atoms with Gasteiger partial charge in [0, 0.05) is 18.2 Å². The third-order valence-corrected chi connectivity index (χ3v) is 2.53. The van der Waals surface area contributed by atoms with Crippen molar-refractivity contribution in [2.75, 3.05) is 7.11 Å². The van der Waals surface area contributed by atoms with E-state index in [1.807, 2.05) is 20.8 Å². The van der Waals surface area contributed by atoms with Crippen molar-refractivity contribution in [3.05, 3.63) is 22.5 Å². The molecule has 0 aliphatic carbocycles. The van der Waals surface area contributed by atoms with Gasteiger partial charge in [-0.2, -0.15) is 0 Å². The molecule has 0 saturated heterocycles. The van der Waals surface area contributed by atoms with Crippen molar-refractivity contribution in [1.82, 2.24) is 9.78 Å². The number of aromatic nitrogens is 2. The summed E-state index contributed by atoms with van der Waals surface area (Å²) in [5, 5.41) is 4.05. The van der Waals surface area contributed by atoms with Gasteiger partial charge in [-0.05, 0) is 5.41 Å². The molecule has 1 rings (SSSR count). The highest BCUT2D eigenvalue weighted by atomic mass is 16.5. The second kappa shape index (κ2) is 4.65. The van der Waals surface area contributed by atoms with E-state index in [1.54, 1.807) is 6.07 Å². The number of hydrogen-bond acceptors (Lipinski definition) is 4. The fourth-order valence-electron chi connectivity index (χ4n) is 1.13. The lowest BCUT2D eigenvalue weighted by Gasteiger charge is -2.26. The number of rotatable bonds is 3. The molecule has 2 N–H and O–H groups in total. The van der Waals surface area contributed by atoms with Crippen molar-refractivity contribution in [2.24, 2.45) is 11.1 Å².